The van der Waals surface area contributed by atoms with Crippen LogP contribution in [0, 0.1) is 11.3 Å². The Kier molecular flexibility index (Phi) is 4.76. The predicted octanol–water partition coefficient (Wildman–Crippen LogP) is 4.91. The van der Waals surface area contributed by atoms with Crippen molar-refractivity contribution in [3.05, 3.63) is 70.6 Å². The molecule has 0 aromatic heterocycles. The summed E-state index contributed by atoms with van der Waals surface area (Å²) in [6.45, 7) is 8.54. The lowest BCUT2D eigenvalue weighted by Crippen LogP contribution is -2.53. The van der Waals surface area contributed by atoms with E-state index in [0.29, 0.717) is 18.8 Å². The summed E-state index contributed by atoms with van der Waals surface area (Å²) in [5.74, 6) is -0.380. The van der Waals surface area contributed by atoms with Crippen molar-refractivity contribution in [1.29, 1.82) is 0 Å². The minimum absolute atomic E-state index is 0.0446. The van der Waals surface area contributed by atoms with E-state index >= 15 is 0 Å². The van der Waals surface area contributed by atoms with Gasteiger partial charge in [-0.15, -0.1) is 0 Å². The Morgan fingerprint density at radius 1 is 1.07 bits per heavy atom. The smallest absolute Gasteiger partial charge is 0.346 e. The summed E-state index contributed by atoms with van der Waals surface area (Å²) in [4.78, 5) is 26.7. The van der Waals surface area contributed by atoms with Crippen LogP contribution in [0.2, 0.25) is 0 Å². The number of hydrogen-bond acceptors (Lipinski definition) is 4. The molecular formula is C25H28O4. The molecule has 0 amide bonds. The van der Waals surface area contributed by atoms with Crippen LogP contribution in [0.1, 0.15) is 47.0 Å². The quantitative estimate of drug-likeness (QED) is 0.334. The predicted molar refractivity (Wildman–Crippen MR) is 112 cm³/mol. The Morgan fingerprint density at radius 2 is 1.86 bits per heavy atom. The van der Waals surface area contributed by atoms with Gasteiger partial charge in [-0.1, -0.05) is 54.5 Å². The van der Waals surface area contributed by atoms with Crippen LogP contribution in [0.5, 0.6) is 0 Å². The molecule has 3 aliphatic heterocycles. The highest BCUT2D eigenvalue weighted by atomic mass is 16.6. The Balaban J connectivity index is 1.95. The molecule has 4 nitrogen and oxygen atoms in total. The molecule has 152 valence electrons. The lowest BCUT2D eigenvalue weighted by atomic mass is 9.61. The third kappa shape index (κ3) is 3.15. The number of ketones is 1. The van der Waals surface area contributed by atoms with Crippen molar-refractivity contribution in [2.75, 3.05) is 6.61 Å². The molecule has 0 unspecified atom stereocenters. The van der Waals surface area contributed by atoms with Crippen molar-refractivity contribution in [3.8, 4) is 0 Å². The van der Waals surface area contributed by atoms with Crippen LogP contribution in [-0.2, 0) is 19.1 Å². The summed E-state index contributed by atoms with van der Waals surface area (Å²) in [7, 11) is 0. The number of carbonyl (C=O) groups is 2. The molecule has 0 saturated carbocycles. The van der Waals surface area contributed by atoms with Gasteiger partial charge < -0.3 is 9.47 Å². The Morgan fingerprint density at radius 3 is 2.59 bits per heavy atom. The van der Waals surface area contributed by atoms with Crippen LogP contribution in [-0.4, -0.2) is 24.0 Å². The van der Waals surface area contributed by atoms with Crippen molar-refractivity contribution < 1.29 is 19.1 Å². The zero-order valence-electron chi connectivity index (χ0n) is 17.6. The molecule has 5 aliphatic rings. The minimum atomic E-state index is -1.24. The van der Waals surface area contributed by atoms with Crippen LogP contribution in [0.25, 0.3) is 0 Å². The first kappa shape index (κ1) is 19.7. The summed E-state index contributed by atoms with van der Waals surface area (Å²) in [6.07, 6.45) is 16.5. The molecule has 4 heteroatoms. The van der Waals surface area contributed by atoms with E-state index < -0.39 is 17.0 Å². The maximum atomic E-state index is 13.8. The molecular weight excluding hydrogens is 364 g/mol. The maximum absolute atomic E-state index is 13.8. The van der Waals surface area contributed by atoms with Gasteiger partial charge in [-0.3, -0.25) is 4.79 Å². The number of carbonyl (C=O) groups excluding carboxylic acids is 2. The van der Waals surface area contributed by atoms with Gasteiger partial charge in [-0.2, -0.15) is 0 Å². The largest absolute Gasteiger partial charge is 0.488 e. The lowest BCUT2D eigenvalue weighted by Gasteiger charge is -2.45. The van der Waals surface area contributed by atoms with E-state index in [0.717, 1.165) is 24.0 Å². The van der Waals surface area contributed by atoms with Crippen molar-refractivity contribution >= 4 is 11.8 Å². The second-order valence-electron chi connectivity index (χ2n) is 8.83. The highest BCUT2D eigenvalue weighted by molar-refractivity contribution is 6.26. The first-order valence-corrected chi connectivity index (χ1v) is 10.3. The van der Waals surface area contributed by atoms with Crippen LogP contribution in [0.3, 0.4) is 0 Å². The van der Waals surface area contributed by atoms with Gasteiger partial charge in [0, 0.05) is 6.42 Å². The fraction of sp³-hybridized carbons (Fsp3) is 0.440. The third-order valence-corrected chi connectivity index (χ3v) is 6.57. The SMILES string of the molecule is CC1=C[C@@]2(C)/C=C(C)/C=C\CC/C=C3C=C/C(=C4\C(=O)O[C@]2(C[C@@H]1C)C4=O)OC/3. The van der Waals surface area contributed by atoms with Crippen molar-refractivity contribution in [1.82, 2.24) is 0 Å². The topological polar surface area (TPSA) is 52.6 Å². The van der Waals surface area contributed by atoms with Crippen molar-refractivity contribution in [3.63, 3.8) is 0 Å². The van der Waals surface area contributed by atoms with Gasteiger partial charge in [0.2, 0.25) is 5.78 Å². The first-order chi connectivity index (χ1) is 13.8. The van der Waals surface area contributed by atoms with E-state index in [-0.39, 0.29) is 17.3 Å². The number of fused-ring (bicyclic) bond motifs is 5. The van der Waals surface area contributed by atoms with E-state index in [4.69, 9.17) is 9.47 Å². The number of Topliss-reactive ketones (excluding diaryl/α,β-unsaturated/α-hetero) is 1. The number of allylic oxidation sites excluding steroid dienone is 6. The average Bonchev–Trinajstić information content (AvgIpc) is 2.91. The normalized spacial score (nSPS) is 41.7. The van der Waals surface area contributed by atoms with Gasteiger partial charge in [-0.25, -0.2) is 4.79 Å². The molecule has 0 aromatic carbocycles. The molecule has 0 aromatic rings. The fourth-order valence-corrected chi connectivity index (χ4v) is 4.83. The second kappa shape index (κ2) is 7.01. The average molecular weight is 392 g/mol. The van der Waals surface area contributed by atoms with Gasteiger partial charge in [0.25, 0.3) is 0 Å². The molecule has 0 N–H and O–H groups in total. The molecule has 1 fully saturated rings. The standard InChI is InChI=1S/C25H28O4/c1-16-8-6-5-7-9-19-10-11-20(28-15-19)21-22(26)25(29-23(21)27)14-18(3)17(2)13-24(25,4)12-16/h6,8-13,18H,5,7,14-15H2,1-4H3/b8-6-,16-12+,19-9-,21-20+/t18-,24+,25+/m0/s1. The molecule has 1 saturated heterocycles. The van der Waals surface area contributed by atoms with Gasteiger partial charge >= 0.3 is 5.97 Å². The van der Waals surface area contributed by atoms with Crippen LogP contribution >= 0.6 is 0 Å². The summed E-state index contributed by atoms with van der Waals surface area (Å²) in [5.41, 5.74) is 1.38. The monoisotopic (exact) mass is 392 g/mol. The van der Waals surface area contributed by atoms with E-state index in [2.05, 4.69) is 44.2 Å². The number of rotatable bonds is 0. The molecule has 29 heavy (non-hydrogen) atoms. The minimum Gasteiger partial charge on any atom is -0.488 e. The highest BCUT2D eigenvalue weighted by Gasteiger charge is 2.63. The Bertz CT molecular complexity index is 955. The molecule has 5 rings (SSSR count). The third-order valence-electron chi connectivity index (χ3n) is 6.57. The van der Waals surface area contributed by atoms with Crippen LogP contribution in [0.4, 0.5) is 0 Å². The Hall–Kier alpha value is -2.62. The van der Waals surface area contributed by atoms with Crippen molar-refractivity contribution in [2.24, 2.45) is 11.3 Å². The lowest BCUT2D eigenvalue weighted by molar-refractivity contribution is -0.162. The van der Waals surface area contributed by atoms with Crippen molar-refractivity contribution in [2.45, 2.75) is 52.6 Å². The number of ether oxygens (including phenoxy) is 2. The fourth-order valence-electron chi connectivity index (χ4n) is 4.83. The molecule has 2 aliphatic carbocycles. The van der Waals surface area contributed by atoms with Gasteiger partial charge in [0.1, 0.15) is 17.9 Å². The zero-order valence-corrected chi connectivity index (χ0v) is 17.6. The maximum Gasteiger partial charge on any atom is 0.346 e. The molecule has 1 spiro atoms. The highest BCUT2D eigenvalue weighted by Crippen LogP contribution is 2.53. The van der Waals surface area contributed by atoms with Crippen LogP contribution in [0.15, 0.2) is 70.6 Å². The molecule has 3 heterocycles. The summed E-state index contributed by atoms with van der Waals surface area (Å²) in [6, 6.07) is 0. The summed E-state index contributed by atoms with van der Waals surface area (Å²) in [5, 5.41) is 0. The van der Waals surface area contributed by atoms with E-state index in [1.165, 1.54) is 5.57 Å². The first-order valence-electron chi connectivity index (χ1n) is 10.3. The van der Waals surface area contributed by atoms with Gasteiger partial charge in [0.15, 0.2) is 5.60 Å². The van der Waals surface area contributed by atoms with Gasteiger partial charge in [-0.05, 0) is 51.2 Å². The van der Waals surface area contributed by atoms with Gasteiger partial charge in [0.05, 0.1) is 5.41 Å². The molecule has 3 atom stereocenters. The van der Waals surface area contributed by atoms with Crippen LogP contribution < -0.4 is 0 Å². The number of hydrogen-bond donors (Lipinski definition) is 0. The molecule has 0 radical (unpaired) electrons. The summed E-state index contributed by atoms with van der Waals surface area (Å²) < 4.78 is 11.8. The summed E-state index contributed by atoms with van der Waals surface area (Å²) >= 11 is 0. The number of esters is 1. The van der Waals surface area contributed by atoms with E-state index in [1.807, 2.05) is 19.9 Å². The van der Waals surface area contributed by atoms with E-state index in [9.17, 15) is 9.59 Å². The Labute approximate surface area is 172 Å². The molecule has 4 bridgehead atoms. The second-order valence-corrected chi connectivity index (χ2v) is 8.83. The zero-order chi connectivity index (χ0) is 20.8. The van der Waals surface area contributed by atoms with E-state index in [1.54, 1.807) is 6.08 Å².